The molecule has 2 aromatic heterocycles. The Labute approximate surface area is 142 Å². The summed E-state index contributed by atoms with van der Waals surface area (Å²) in [5.41, 5.74) is 2.67. The molecule has 0 aliphatic heterocycles. The first-order chi connectivity index (χ1) is 11.4. The van der Waals surface area contributed by atoms with Crippen molar-refractivity contribution >= 4 is 5.65 Å². The van der Waals surface area contributed by atoms with Crippen LogP contribution in [0, 0.1) is 5.41 Å². The molecule has 2 heterocycles. The maximum atomic E-state index is 12.2. The minimum absolute atomic E-state index is 0.0489. The molecule has 0 saturated carbocycles. The summed E-state index contributed by atoms with van der Waals surface area (Å²) < 4.78 is 1.56. The van der Waals surface area contributed by atoms with Crippen molar-refractivity contribution in [2.24, 2.45) is 5.41 Å². The number of nitrogens with one attached hydrogen (secondary N) is 1. The summed E-state index contributed by atoms with van der Waals surface area (Å²) in [6.45, 7) is 7.18. The second-order valence-electron chi connectivity index (χ2n) is 7.11. The highest BCUT2D eigenvalue weighted by atomic mass is 16.1. The van der Waals surface area contributed by atoms with Crippen LogP contribution in [0.5, 0.6) is 0 Å². The van der Waals surface area contributed by atoms with E-state index in [1.54, 1.807) is 16.7 Å². The standard InChI is InChI=1S/C20H23N3O/c1-20(2,3)19(15-9-5-4-6-10-15)21-14-16-13-18(24)23-12-8-7-11-17(23)22-16/h4-13,19,21H,14H2,1-3H3/t19-/m0/s1. The van der Waals surface area contributed by atoms with Crippen molar-refractivity contribution in [1.29, 1.82) is 0 Å². The van der Waals surface area contributed by atoms with Gasteiger partial charge in [0.2, 0.25) is 0 Å². The van der Waals surface area contributed by atoms with E-state index in [2.05, 4.69) is 55.3 Å². The smallest absolute Gasteiger partial charge is 0.258 e. The van der Waals surface area contributed by atoms with E-state index >= 15 is 0 Å². The third kappa shape index (κ3) is 3.54. The van der Waals surface area contributed by atoms with Crippen LogP contribution >= 0.6 is 0 Å². The molecule has 0 amide bonds. The lowest BCUT2D eigenvalue weighted by molar-refractivity contribution is 0.270. The van der Waals surface area contributed by atoms with Crippen LogP contribution in [0.3, 0.4) is 0 Å². The van der Waals surface area contributed by atoms with Crippen LogP contribution in [-0.4, -0.2) is 9.38 Å². The summed E-state index contributed by atoms with van der Waals surface area (Å²) in [7, 11) is 0. The summed E-state index contributed by atoms with van der Waals surface area (Å²) in [5, 5.41) is 3.57. The molecule has 4 nitrogen and oxygen atoms in total. The predicted octanol–water partition coefficient (Wildman–Crippen LogP) is 3.57. The quantitative estimate of drug-likeness (QED) is 0.799. The van der Waals surface area contributed by atoms with Gasteiger partial charge in [0, 0.05) is 24.8 Å². The highest BCUT2D eigenvalue weighted by Crippen LogP contribution is 2.32. The molecular formula is C20H23N3O. The van der Waals surface area contributed by atoms with E-state index in [9.17, 15) is 4.79 Å². The molecule has 3 rings (SSSR count). The molecule has 0 fully saturated rings. The van der Waals surface area contributed by atoms with E-state index in [1.165, 1.54) is 5.56 Å². The molecule has 24 heavy (non-hydrogen) atoms. The van der Waals surface area contributed by atoms with Crippen molar-refractivity contribution in [3.8, 4) is 0 Å². The Kier molecular flexibility index (Phi) is 4.49. The van der Waals surface area contributed by atoms with Gasteiger partial charge in [0.15, 0.2) is 0 Å². The van der Waals surface area contributed by atoms with E-state index in [4.69, 9.17) is 0 Å². The van der Waals surface area contributed by atoms with Gasteiger partial charge in [0.05, 0.1) is 5.69 Å². The van der Waals surface area contributed by atoms with Gasteiger partial charge in [-0.05, 0) is 23.1 Å². The van der Waals surface area contributed by atoms with E-state index in [0.717, 1.165) is 5.69 Å². The van der Waals surface area contributed by atoms with Gasteiger partial charge in [-0.1, -0.05) is 57.2 Å². The summed E-state index contributed by atoms with van der Waals surface area (Å²) in [6.07, 6.45) is 1.74. The highest BCUT2D eigenvalue weighted by molar-refractivity contribution is 5.38. The summed E-state index contributed by atoms with van der Waals surface area (Å²) in [5.74, 6) is 0. The number of rotatable bonds is 4. The summed E-state index contributed by atoms with van der Waals surface area (Å²) >= 11 is 0. The largest absolute Gasteiger partial charge is 0.304 e. The molecule has 0 aliphatic rings. The van der Waals surface area contributed by atoms with Crippen molar-refractivity contribution in [2.45, 2.75) is 33.4 Å². The van der Waals surface area contributed by atoms with E-state index in [-0.39, 0.29) is 17.0 Å². The van der Waals surface area contributed by atoms with Crippen molar-refractivity contribution < 1.29 is 0 Å². The van der Waals surface area contributed by atoms with Gasteiger partial charge in [-0.3, -0.25) is 9.20 Å². The first-order valence-electron chi connectivity index (χ1n) is 8.21. The van der Waals surface area contributed by atoms with Gasteiger partial charge in [0.25, 0.3) is 5.56 Å². The average Bonchev–Trinajstić information content (AvgIpc) is 2.55. The molecule has 124 valence electrons. The number of hydrogen-bond donors (Lipinski definition) is 1. The number of aromatic nitrogens is 2. The minimum Gasteiger partial charge on any atom is -0.304 e. The minimum atomic E-state index is -0.0515. The van der Waals surface area contributed by atoms with Gasteiger partial charge in [0.1, 0.15) is 5.65 Å². The second kappa shape index (κ2) is 6.57. The Hall–Kier alpha value is -2.46. The fraction of sp³-hybridized carbons (Fsp3) is 0.300. The first-order valence-corrected chi connectivity index (χ1v) is 8.21. The zero-order valence-corrected chi connectivity index (χ0v) is 14.4. The SMILES string of the molecule is CC(C)(C)[C@@H](NCc1cc(=O)n2ccccc2n1)c1ccccc1. The maximum absolute atomic E-state index is 12.2. The van der Waals surface area contributed by atoms with Crippen LogP contribution in [0.25, 0.3) is 5.65 Å². The lowest BCUT2D eigenvalue weighted by Crippen LogP contribution is -2.32. The fourth-order valence-electron chi connectivity index (χ4n) is 2.97. The Morgan fingerprint density at radius 3 is 2.50 bits per heavy atom. The van der Waals surface area contributed by atoms with Gasteiger partial charge in [-0.15, -0.1) is 0 Å². The number of fused-ring (bicyclic) bond motifs is 1. The normalized spacial score (nSPS) is 13.1. The zero-order chi connectivity index (χ0) is 17.2. The van der Waals surface area contributed by atoms with Crippen molar-refractivity contribution in [2.75, 3.05) is 0 Å². The Balaban J connectivity index is 1.86. The second-order valence-corrected chi connectivity index (χ2v) is 7.11. The highest BCUT2D eigenvalue weighted by Gasteiger charge is 2.25. The summed E-state index contributed by atoms with van der Waals surface area (Å²) in [4.78, 5) is 16.8. The van der Waals surface area contributed by atoms with Gasteiger partial charge in [-0.25, -0.2) is 4.98 Å². The number of hydrogen-bond acceptors (Lipinski definition) is 3. The van der Waals surface area contributed by atoms with Crippen LogP contribution in [-0.2, 0) is 6.54 Å². The molecule has 0 radical (unpaired) electrons. The van der Waals surface area contributed by atoms with Crippen molar-refractivity contribution in [1.82, 2.24) is 14.7 Å². The molecule has 0 unspecified atom stereocenters. The molecule has 1 aromatic carbocycles. The Morgan fingerprint density at radius 2 is 1.79 bits per heavy atom. The molecule has 3 aromatic rings. The van der Waals surface area contributed by atoms with E-state index < -0.39 is 0 Å². The van der Waals surface area contributed by atoms with Gasteiger partial charge >= 0.3 is 0 Å². The third-order valence-corrected chi connectivity index (χ3v) is 4.11. The Morgan fingerprint density at radius 1 is 1.08 bits per heavy atom. The van der Waals surface area contributed by atoms with Crippen LogP contribution in [0.15, 0.2) is 65.6 Å². The molecular weight excluding hydrogens is 298 g/mol. The van der Waals surface area contributed by atoms with Crippen molar-refractivity contribution in [3.63, 3.8) is 0 Å². The first kappa shape index (κ1) is 16.4. The molecule has 1 atom stereocenters. The number of benzene rings is 1. The molecule has 0 aliphatic carbocycles. The fourth-order valence-corrected chi connectivity index (χ4v) is 2.97. The topological polar surface area (TPSA) is 46.4 Å². The lowest BCUT2D eigenvalue weighted by atomic mass is 9.82. The lowest BCUT2D eigenvalue weighted by Gasteiger charge is -2.32. The monoisotopic (exact) mass is 321 g/mol. The van der Waals surface area contributed by atoms with Crippen LogP contribution in [0.4, 0.5) is 0 Å². The third-order valence-electron chi connectivity index (χ3n) is 4.11. The van der Waals surface area contributed by atoms with E-state index in [0.29, 0.717) is 12.2 Å². The number of pyridine rings is 1. The van der Waals surface area contributed by atoms with Gasteiger partial charge < -0.3 is 5.32 Å². The molecule has 0 bridgehead atoms. The molecule has 0 saturated heterocycles. The number of nitrogens with zero attached hydrogens (tertiary/aromatic N) is 2. The van der Waals surface area contributed by atoms with Crippen LogP contribution in [0.1, 0.15) is 38.1 Å². The van der Waals surface area contributed by atoms with E-state index in [1.807, 2.05) is 24.3 Å². The average molecular weight is 321 g/mol. The van der Waals surface area contributed by atoms with Gasteiger partial charge in [-0.2, -0.15) is 0 Å². The predicted molar refractivity (Wildman–Crippen MR) is 96.9 cm³/mol. The van der Waals surface area contributed by atoms with Crippen molar-refractivity contribution in [3.05, 3.63) is 82.4 Å². The maximum Gasteiger partial charge on any atom is 0.258 e. The van der Waals surface area contributed by atoms with Crippen LogP contribution < -0.4 is 10.9 Å². The molecule has 4 heteroatoms. The van der Waals surface area contributed by atoms with Crippen LogP contribution in [0.2, 0.25) is 0 Å². The molecule has 1 N–H and O–H groups in total. The summed E-state index contributed by atoms with van der Waals surface area (Å²) in [6, 6.07) is 17.7. The zero-order valence-electron chi connectivity index (χ0n) is 14.4. The Bertz CT molecular complexity index is 879. The molecule has 0 spiro atoms.